The number of fused-ring (bicyclic) bond motifs is 2. The molecule has 3 aromatic rings. The number of carboxylic acid groups (broad SMARTS) is 1. The number of para-hydroxylation sites is 2. The number of carbonyl (C=O) groups is 1. The third-order valence-electron chi connectivity index (χ3n) is 12.6. The quantitative estimate of drug-likeness (QED) is 0.133. The van der Waals surface area contributed by atoms with E-state index in [1.165, 1.54) is 56.3 Å². The summed E-state index contributed by atoms with van der Waals surface area (Å²) in [5.74, 6) is 0.147. The average molecular weight is 881 g/mol. The van der Waals surface area contributed by atoms with Gasteiger partial charge in [0.25, 0.3) is 0 Å². The first-order valence-corrected chi connectivity index (χ1v) is 20.7. The third-order valence-corrected chi connectivity index (χ3v) is 12.6. The summed E-state index contributed by atoms with van der Waals surface area (Å²) in [6, 6.07) is 26.2. The molecule has 302 valence electrons. The summed E-state index contributed by atoms with van der Waals surface area (Å²) >= 11 is 0. The maximum atomic E-state index is 10.7. The Bertz CT molecular complexity index is 1980. The van der Waals surface area contributed by atoms with Gasteiger partial charge in [0.15, 0.2) is 13.1 Å². The third kappa shape index (κ3) is 9.12. The number of hydrogen-bond acceptors (Lipinski definition) is 5. The molecular formula is C49H61IN4O3. The van der Waals surface area contributed by atoms with Gasteiger partial charge in [-0.3, -0.25) is 9.69 Å². The fourth-order valence-corrected chi connectivity index (χ4v) is 9.43. The van der Waals surface area contributed by atoms with Crippen molar-refractivity contribution in [1.82, 2.24) is 4.90 Å². The maximum absolute atomic E-state index is 10.7. The van der Waals surface area contributed by atoms with Gasteiger partial charge < -0.3 is 43.6 Å². The van der Waals surface area contributed by atoms with Crippen molar-refractivity contribution in [3.8, 4) is 5.75 Å². The smallest absolute Gasteiger partial charge is 0.303 e. The lowest BCUT2D eigenvalue weighted by molar-refractivity contribution is -0.539. The van der Waals surface area contributed by atoms with Crippen LogP contribution in [0, 0.1) is 0 Å². The molecule has 3 heterocycles. The molecule has 1 saturated carbocycles. The largest absolute Gasteiger partial charge is 1.00 e. The second-order valence-electron chi connectivity index (χ2n) is 17.1. The first-order chi connectivity index (χ1) is 26.9. The zero-order chi connectivity index (χ0) is 39.5. The Morgan fingerprint density at radius 3 is 1.77 bits per heavy atom. The van der Waals surface area contributed by atoms with Gasteiger partial charge in [0.2, 0.25) is 5.71 Å². The Kier molecular flexibility index (Phi) is 13.5. The SMILES string of the molecule is CN1/C(=C\C=C2/CCC/C(=C\C=C3\N(C)c4ccccc4C3(C)C)C2=[N+]2CCN(Cc3ccc(OCCCCCC(=O)O)cc3)CC2)C(C)(C)c2ccccc21.[I-]. The Hall–Kier alpha value is -4.15. The molecule has 0 aromatic heterocycles. The Balaban J connectivity index is 0.00000549. The molecule has 7 rings (SSSR count). The number of allylic oxidation sites excluding steroid dienone is 8. The molecule has 1 aliphatic carbocycles. The number of piperazine rings is 1. The van der Waals surface area contributed by atoms with Crippen molar-refractivity contribution in [2.45, 2.75) is 90.0 Å². The van der Waals surface area contributed by atoms with E-state index < -0.39 is 5.97 Å². The van der Waals surface area contributed by atoms with E-state index in [2.05, 4.69) is 158 Å². The number of carboxylic acids is 1. The van der Waals surface area contributed by atoms with Crippen molar-refractivity contribution in [2.24, 2.45) is 0 Å². The minimum Gasteiger partial charge on any atom is -1.00 e. The summed E-state index contributed by atoms with van der Waals surface area (Å²) in [4.78, 5) is 18.1. The molecule has 1 saturated heterocycles. The van der Waals surface area contributed by atoms with Crippen LogP contribution in [0.2, 0.25) is 0 Å². The number of benzene rings is 3. The highest BCUT2D eigenvalue weighted by Gasteiger charge is 2.39. The summed E-state index contributed by atoms with van der Waals surface area (Å²) in [6.45, 7) is 15.0. The van der Waals surface area contributed by atoms with Gasteiger partial charge in [0.05, 0.1) is 19.7 Å². The number of nitrogens with zero attached hydrogens (tertiary/aromatic N) is 4. The van der Waals surface area contributed by atoms with Crippen molar-refractivity contribution < 1.29 is 43.2 Å². The van der Waals surface area contributed by atoms with Crippen LogP contribution in [0.15, 0.2) is 120 Å². The standard InChI is InChI=1S/C49H60N4O3.HI/c1-48(2)40-17-9-11-19-42(40)50(5)44(48)28-24-37-15-14-16-38(25-29-45-49(3,4)41-18-10-12-20-43(41)51(45)6)47(37)53-32-30-52(31-33-53)35-36-22-26-39(27-23-36)56-34-13-7-8-21-46(54)55;/h9-12,17-20,22-29H,7-8,13-16,21,30-35H2,1-6H3;1H. The summed E-state index contributed by atoms with van der Waals surface area (Å²) in [5.41, 5.74) is 13.6. The molecule has 3 aromatic carbocycles. The fraction of sp³-hybridized carbons (Fsp3) is 0.429. The van der Waals surface area contributed by atoms with Crippen LogP contribution in [-0.4, -0.2) is 73.1 Å². The molecule has 8 heteroatoms. The van der Waals surface area contributed by atoms with Crippen molar-refractivity contribution in [3.05, 3.63) is 136 Å². The van der Waals surface area contributed by atoms with E-state index in [0.717, 1.165) is 70.6 Å². The number of anilines is 2. The monoisotopic (exact) mass is 880 g/mol. The Morgan fingerprint density at radius 1 is 0.737 bits per heavy atom. The molecule has 0 amide bonds. The second-order valence-corrected chi connectivity index (χ2v) is 17.1. The molecule has 1 N–H and O–H groups in total. The zero-order valence-corrected chi connectivity index (χ0v) is 37.0. The Labute approximate surface area is 358 Å². The molecule has 0 spiro atoms. The molecule has 0 bridgehead atoms. The fourth-order valence-electron chi connectivity index (χ4n) is 9.43. The van der Waals surface area contributed by atoms with Crippen LogP contribution in [0.3, 0.4) is 0 Å². The Morgan fingerprint density at radius 2 is 1.26 bits per heavy atom. The average Bonchev–Trinajstić information content (AvgIpc) is 3.51. The van der Waals surface area contributed by atoms with E-state index in [4.69, 9.17) is 9.84 Å². The van der Waals surface area contributed by atoms with Crippen LogP contribution < -0.4 is 38.5 Å². The number of unbranched alkanes of at least 4 members (excludes halogenated alkanes) is 2. The van der Waals surface area contributed by atoms with Gasteiger partial charge in [-0.05, 0) is 91.6 Å². The summed E-state index contributed by atoms with van der Waals surface area (Å²) < 4.78 is 8.61. The van der Waals surface area contributed by atoms with Gasteiger partial charge in [-0.25, -0.2) is 4.58 Å². The lowest BCUT2D eigenvalue weighted by atomic mass is 9.82. The number of halogens is 1. The zero-order valence-electron chi connectivity index (χ0n) is 34.9. The number of hydrogen-bond donors (Lipinski definition) is 1. The highest BCUT2D eigenvalue weighted by Crippen LogP contribution is 2.48. The van der Waals surface area contributed by atoms with Crippen molar-refractivity contribution >= 4 is 23.1 Å². The molecule has 3 aliphatic heterocycles. The van der Waals surface area contributed by atoms with Crippen LogP contribution in [-0.2, 0) is 22.2 Å². The number of aliphatic carboxylic acids is 1. The number of likely N-dealkylation sites (N-methyl/N-ethyl adjacent to an activating group) is 2. The predicted octanol–water partition coefficient (Wildman–Crippen LogP) is 6.64. The molecule has 4 aliphatic rings. The second kappa shape index (κ2) is 18.2. The van der Waals surface area contributed by atoms with Gasteiger partial charge in [0.1, 0.15) is 5.75 Å². The van der Waals surface area contributed by atoms with Gasteiger partial charge in [-0.1, -0.05) is 88.4 Å². The number of rotatable bonds is 11. The van der Waals surface area contributed by atoms with Crippen molar-refractivity contribution in [2.75, 3.05) is 56.7 Å². The van der Waals surface area contributed by atoms with Gasteiger partial charge in [-0.15, -0.1) is 0 Å². The van der Waals surface area contributed by atoms with Gasteiger partial charge in [-0.2, -0.15) is 0 Å². The topological polar surface area (TPSA) is 59.3 Å². The number of ether oxygens (including phenoxy) is 1. The van der Waals surface area contributed by atoms with Crippen molar-refractivity contribution in [3.63, 3.8) is 0 Å². The van der Waals surface area contributed by atoms with Crippen LogP contribution in [0.25, 0.3) is 0 Å². The maximum Gasteiger partial charge on any atom is 0.303 e. The predicted molar refractivity (Wildman–Crippen MR) is 230 cm³/mol. The highest BCUT2D eigenvalue weighted by atomic mass is 127. The first-order valence-electron chi connectivity index (χ1n) is 20.7. The van der Waals surface area contributed by atoms with E-state index >= 15 is 0 Å². The molecule has 57 heavy (non-hydrogen) atoms. The first kappa shape index (κ1) is 42.5. The summed E-state index contributed by atoms with van der Waals surface area (Å²) in [7, 11) is 4.43. The van der Waals surface area contributed by atoms with Crippen LogP contribution >= 0.6 is 0 Å². The minimum atomic E-state index is -0.729. The van der Waals surface area contributed by atoms with Crippen LogP contribution in [0.4, 0.5) is 11.4 Å². The molecular weight excluding hydrogens is 819 g/mol. The minimum absolute atomic E-state index is 0. The van der Waals surface area contributed by atoms with E-state index in [-0.39, 0.29) is 41.2 Å². The lowest BCUT2D eigenvalue weighted by Crippen LogP contribution is -3.00. The van der Waals surface area contributed by atoms with Gasteiger partial charge in [0, 0.05) is 71.8 Å². The highest BCUT2D eigenvalue weighted by molar-refractivity contribution is 6.10. The summed E-state index contributed by atoms with van der Waals surface area (Å²) in [6.07, 6.45) is 15.7. The lowest BCUT2D eigenvalue weighted by Gasteiger charge is -2.29. The molecule has 7 nitrogen and oxygen atoms in total. The molecule has 0 unspecified atom stereocenters. The molecule has 2 fully saturated rings. The normalized spacial score (nSPS) is 21.6. The van der Waals surface area contributed by atoms with Crippen molar-refractivity contribution in [1.29, 1.82) is 0 Å². The van der Waals surface area contributed by atoms with Crippen LogP contribution in [0.5, 0.6) is 5.75 Å². The van der Waals surface area contributed by atoms with E-state index in [0.29, 0.717) is 13.0 Å². The summed E-state index contributed by atoms with van der Waals surface area (Å²) in [5, 5.41) is 8.84. The molecule has 0 radical (unpaired) electrons. The molecule has 0 atom stereocenters. The van der Waals surface area contributed by atoms with E-state index in [9.17, 15) is 4.79 Å². The van der Waals surface area contributed by atoms with E-state index in [1.807, 2.05) is 0 Å². The van der Waals surface area contributed by atoms with Gasteiger partial charge >= 0.3 is 5.97 Å². The van der Waals surface area contributed by atoms with Crippen LogP contribution in [0.1, 0.15) is 89.3 Å². The van der Waals surface area contributed by atoms with E-state index in [1.54, 1.807) is 0 Å².